The molecule has 148 valence electrons. The fourth-order valence-electron chi connectivity index (χ4n) is 6.49. The summed E-state index contributed by atoms with van der Waals surface area (Å²) in [6, 6.07) is 7.92. The second-order valence-electron chi connectivity index (χ2n) is 9.05. The van der Waals surface area contributed by atoms with Crippen molar-refractivity contribution in [2.24, 2.45) is 11.8 Å². The van der Waals surface area contributed by atoms with E-state index < -0.39 is 0 Å². The number of aryl methyl sites for hydroxylation is 1. The van der Waals surface area contributed by atoms with E-state index in [1.54, 1.807) is 7.11 Å². The first-order chi connectivity index (χ1) is 13.6. The number of ether oxygens (including phenoxy) is 1. The highest BCUT2D eigenvalue weighted by Gasteiger charge is 2.60. The molecule has 1 aromatic heterocycles. The number of hydrogen-bond acceptors (Lipinski definition) is 5. The van der Waals surface area contributed by atoms with Gasteiger partial charge in [-0.15, -0.1) is 10.2 Å². The summed E-state index contributed by atoms with van der Waals surface area (Å²) in [7, 11) is 1.67. The molecule has 2 unspecified atom stereocenters. The predicted molar refractivity (Wildman–Crippen MR) is 103 cm³/mol. The number of amides is 1. The number of aromatic nitrogens is 4. The van der Waals surface area contributed by atoms with Gasteiger partial charge in [0.2, 0.25) is 5.91 Å². The van der Waals surface area contributed by atoms with E-state index in [1.165, 1.54) is 12.7 Å². The fourth-order valence-corrected chi connectivity index (χ4v) is 6.49. The maximum atomic E-state index is 12.9. The molecular formula is C21H27N5O2. The Morgan fingerprint density at radius 3 is 2.75 bits per heavy atom. The Kier molecular flexibility index (Phi) is 4.14. The van der Waals surface area contributed by atoms with Crippen LogP contribution >= 0.6 is 0 Å². The van der Waals surface area contributed by atoms with Crippen molar-refractivity contribution >= 4 is 5.91 Å². The lowest BCUT2D eigenvalue weighted by molar-refractivity contribution is -0.131. The van der Waals surface area contributed by atoms with Crippen LogP contribution in [0.4, 0.5) is 0 Å². The molecule has 0 aliphatic heterocycles. The SMILES string of the molecule is COc1ccccc1CCC(=O)NC12CC3CC(C1)CC(n1ncnn1)(C3)C2. The van der Waals surface area contributed by atoms with Crippen LogP contribution in [0.5, 0.6) is 5.75 Å². The maximum absolute atomic E-state index is 12.9. The van der Waals surface area contributed by atoms with Crippen molar-refractivity contribution in [2.45, 2.75) is 62.4 Å². The van der Waals surface area contributed by atoms with Crippen molar-refractivity contribution in [2.75, 3.05) is 7.11 Å². The largest absolute Gasteiger partial charge is 0.496 e. The number of rotatable bonds is 6. The highest BCUT2D eigenvalue weighted by molar-refractivity contribution is 5.77. The smallest absolute Gasteiger partial charge is 0.220 e. The normalized spacial score (nSPS) is 33.0. The molecule has 1 N–H and O–H groups in total. The van der Waals surface area contributed by atoms with Crippen molar-refractivity contribution in [1.82, 2.24) is 25.5 Å². The number of carbonyl (C=O) groups excluding carboxylic acids is 1. The van der Waals surface area contributed by atoms with E-state index in [9.17, 15) is 4.79 Å². The number of para-hydroxylation sites is 1. The Hall–Kier alpha value is -2.44. The van der Waals surface area contributed by atoms with Gasteiger partial charge in [0.25, 0.3) is 0 Å². The molecule has 2 aromatic rings. The molecule has 0 spiro atoms. The number of hydrogen-bond donors (Lipinski definition) is 1. The van der Waals surface area contributed by atoms with E-state index in [0.717, 1.165) is 43.4 Å². The van der Waals surface area contributed by atoms with Crippen molar-refractivity contribution in [3.63, 3.8) is 0 Å². The molecule has 7 nitrogen and oxygen atoms in total. The van der Waals surface area contributed by atoms with Gasteiger partial charge in [0.15, 0.2) is 6.33 Å². The minimum absolute atomic E-state index is 0.0729. The minimum Gasteiger partial charge on any atom is -0.496 e. The molecule has 1 aromatic carbocycles. The average Bonchev–Trinajstić information content (AvgIpc) is 3.21. The second kappa shape index (κ2) is 6.57. The van der Waals surface area contributed by atoms with Crippen molar-refractivity contribution in [1.29, 1.82) is 0 Å². The molecule has 4 aliphatic rings. The van der Waals surface area contributed by atoms with Gasteiger partial charge in [0.05, 0.1) is 12.6 Å². The quantitative estimate of drug-likeness (QED) is 0.831. The van der Waals surface area contributed by atoms with Gasteiger partial charge < -0.3 is 10.1 Å². The lowest BCUT2D eigenvalue weighted by Crippen LogP contribution is -2.66. The molecule has 4 fully saturated rings. The van der Waals surface area contributed by atoms with Crippen LogP contribution in [0.15, 0.2) is 30.6 Å². The molecule has 4 aliphatic carbocycles. The summed E-state index contributed by atoms with van der Waals surface area (Å²) >= 11 is 0. The molecular weight excluding hydrogens is 354 g/mol. The van der Waals surface area contributed by atoms with Gasteiger partial charge in [-0.2, -0.15) is 4.80 Å². The minimum atomic E-state index is -0.116. The lowest BCUT2D eigenvalue weighted by atomic mass is 9.50. The first-order valence-electron chi connectivity index (χ1n) is 10.3. The van der Waals surface area contributed by atoms with Crippen LogP contribution in [-0.2, 0) is 16.8 Å². The van der Waals surface area contributed by atoms with E-state index in [4.69, 9.17) is 4.74 Å². The Morgan fingerprint density at radius 1 is 1.25 bits per heavy atom. The highest BCUT2D eigenvalue weighted by atomic mass is 16.5. The van der Waals surface area contributed by atoms with Gasteiger partial charge in [-0.1, -0.05) is 18.2 Å². The summed E-state index contributed by atoms with van der Waals surface area (Å²) in [5, 5.41) is 16.0. The highest BCUT2D eigenvalue weighted by Crippen LogP contribution is 2.60. The van der Waals surface area contributed by atoms with Crippen molar-refractivity contribution in [3.8, 4) is 5.75 Å². The summed E-state index contributed by atoms with van der Waals surface area (Å²) in [5.41, 5.74) is 0.889. The third kappa shape index (κ3) is 2.97. The van der Waals surface area contributed by atoms with Gasteiger partial charge in [0, 0.05) is 12.0 Å². The van der Waals surface area contributed by atoms with Gasteiger partial charge in [-0.25, -0.2) is 0 Å². The van der Waals surface area contributed by atoms with Crippen molar-refractivity contribution < 1.29 is 9.53 Å². The first kappa shape index (κ1) is 17.6. The number of nitrogens with one attached hydrogen (secondary N) is 1. The third-order valence-corrected chi connectivity index (χ3v) is 7.02. The number of carbonyl (C=O) groups is 1. The van der Waals surface area contributed by atoms with Crippen LogP contribution in [0.1, 0.15) is 50.5 Å². The fraction of sp³-hybridized carbons (Fsp3) is 0.619. The Labute approximate surface area is 164 Å². The molecule has 28 heavy (non-hydrogen) atoms. The van der Waals surface area contributed by atoms with Gasteiger partial charge in [0.1, 0.15) is 5.75 Å². The van der Waals surface area contributed by atoms with Crippen LogP contribution in [0, 0.1) is 11.8 Å². The predicted octanol–water partition coefficient (Wildman–Crippen LogP) is 2.48. The molecule has 0 saturated heterocycles. The summed E-state index contributed by atoms with van der Waals surface area (Å²) in [4.78, 5) is 14.7. The Bertz CT molecular complexity index is 851. The molecule has 1 heterocycles. The van der Waals surface area contributed by atoms with E-state index in [1.807, 2.05) is 29.1 Å². The zero-order chi connectivity index (χ0) is 19.2. The standard InChI is InChI=1S/C21H27N5O2/c1-28-18-5-3-2-4-17(18)6-7-19(27)24-20-9-15-8-16(10-20)12-21(11-15,13-20)26-23-14-22-25-26/h2-5,14-16H,6-13H2,1H3,(H,24,27). The molecule has 1 amide bonds. The second-order valence-corrected chi connectivity index (χ2v) is 9.05. The summed E-state index contributed by atoms with van der Waals surface area (Å²) in [6.45, 7) is 0. The van der Waals surface area contributed by atoms with E-state index in [2.05, 4.69) is 20.7 Å². The molecule has 2 atom stereocenters. The first-order valence-corrected chi connectivity index (χ1v) is 10.3. The summed E-state index contributed by atoms with van der Waals surface area (Å²) < 4.78 is 5.41. The molecule has 7 heteroatoms. The molecule has 4 saturated carbocycles. The lowest BCUT2D eigenvalue weighted by Gasteiger charge is -2.61. The number of nitrogens with zero attached hydrogens (tertiary/aromatic N) is 4. The van der Waals surface area contributed by atoms with Crippen molar-refractivity contribution in [3.05, 3.63) is 36.2 Å². The van der Waals surface area contributed by atoms with Crippen LogP contribution < -0.4 is 10.1 Å². The van der Waals surface area contributed by atoms with Crippen LogP contribution in [-0.4, -0.2) is 38.8 Å². The maximum Gasteiger partial charge on any atom is 0.220 e. The van der Waals surface area contributed by atoms with E-state index >= 15 is 0 Å². The number of methoxy groups -OCH3 is 1. The zero-order valence-corrected chi connectivity index (χ0v) is 16.3. The third-order valence-electron chi connectivity index (χ3n) is 7.02. The van der Waals surface area contributed by atoms with Crippen LogP contribution in [0.2, 0.25) is 0 Å². The van der Waals surface area contributed by atoms with Crippen LogP contribution in [0.25, 0.3) is 0 Å². The monoisotopic (exact) mass is 381 g/mol. The Balaban J connectivity index is 1.30. The summed E-state index contributed by atoms with van der Waals surface area (Å²) in [5.74, 6) is 2.26. The number of tetrazole rings is 1. The molecule has 0 radical (unpaired) electrons. The summed E-state index contributed by atoms with van der Waals surface area (Å²) in [6.07, 6.45) is 9.27. The van der Waals surface area contributed by atoms with E-state index in [0.29, 0.717) is 24.7 Å². The van der Waals surface area contributed by atoms with Gasteiger partial charge >= 0.3 is 0 Å². The zero-order valence-electron chi connectivity index (χ0n) is 16.3. The van der Waals surface area contributed by atoms with Gasteiger partial charge in [-0.3, -0.25) is 4.79 Å². The van der Waals surface area contributed by atoms with Gasteiger partial charge in [-0.05, 0) is 73.6 Å². The van der Waals surface area contributed by atoms with E-state index in [-0.39, 0.29) is 17.0 Å². The molecule has 6 rings (SSSR count). The molecule has 4 bridgehead atoms. The van der Waals surface area contributed by atoms with Crippen LogP contribution in [0.3, 0.4) is 0 Å². The number of benzene rings is 1. The average molecular weight is 381 g/mol. The topological polar surface area (TPSA) is 81.9 Å². The Morgan fingerprint density at radius 2 is 2.04 bits per heavy atom.